The van der Waals surface area contributed by atoms with Crippen molar-refractivity contribution < 1.29 is 19.4 Å². The van der Waals surface area contributed by atoms with Crippen molar-refractivity contribution in [2.24, 2.45) is 5.41 Å². The molecule has 1 N–H and O–H groups in total. The number of ether oxygens (including phenoxy) is 1. The number of carbonyl (C=O) groups is 2. The van der Waals surface area contributed by atoms with Crippen molar-refractivity contribution in [2.75, 3.05) is 6.61 Å². The monoisotopic (exact) mass is 237 g/mol. The molecule has 0 saturated heterocycles. The predicted octanol–water partition coefficient (Wildman–Crippen LogP) is 2.13. The fourth-order valence-corrected chi connectivity index (χ4v) is 0.963. The molecule has 0 aliphatic carbocycles. The van der Waals surface area contributed by atoms with E-state index in [1.165, 1.54) is 31.1 Å². The van der Waals surface area contributed by atoms with E-state index in [2.05, 4.69) is 0 Å². The first-order valence-electron chi connectivity index (χ1n) is 5.13. The van der Waals surface area contributed by atoms with E-state index >= 15 is 0 Å². The summed E-state index contributed by atoms with van der Waals surface area (Å²) in [5.74, 6) is -1.01. The third-order valence-electron chi connectivity index (χ3n) is 2.17. The number of carboxylic acid groups (broad SMARTS) is 1. The van der Waals surface area contributed by atoms with Crippen LogP contribution < -0.4 is 0 Å². The second kappa shape index (κ2) is 5.34. The van der Waals surface area contributed by atoms with Crippen LogP contribution in [0.5, 0.6) is 0 Å². The molecule has 0 aromatic rings. The van der Waals surface area contributed by atoms with Crippen molar-refractivity contribution in [3.8, 4) is 0 Å². The molecule has 1 aliphatic rings. The lowest BCUT2D eigenvalue weighted by molar-refractivity contribution is -0.149. The molecular weight excluding hydrogens is 222 g/mol. The average Bonchev–Trinajstić information content (AvgIpc) is 2.54. The molecule has 0 spiro atoms. The molecule has 0 bridgehead atoms. The summed E-state index contributed by atoms with van der Waals surface area (Å²) >= 11 is 0. The van der Waals surface area contributed by atoms with Gasteiger partial charge < -0.3 is 9.84 Å². The summed E-state index contributed by atoms with van der Waals surface area (Å²) in [5.41, 5.74) is -1.09. The van der Waals surface area contributed by atoms with Crippen LogP contribution in [0.3, 0.4) is 0 Å². The van der Waals surface area contributed by atoms with Crippen LogP contribution in [0.1, 0.15) is 13.8 Å². The minimum absolute atomic E-state index is 0.174. The van der Waals surface area contributed by atoms with Crippen LogP contribution in [0.2, 0.25) is 0 Å². The molecule has 0 fully saturated rings. The van der Waals surface area contributed by atoms with Gasteiger partial charge in [0.2, 0.25) is 0 Å². The summed E-state index contributed by atoms with van der Waals surface area (Å²) in [4.78, 5) is 23.7. The highest BCUT2D eigenvalue weighted by molar-refractivity contribution is 5.75. The fourth-order valence-electron chi connectivity index (χ4n) is 0.963. The number of rotatable bonds is 3. The summed E-state index contributed by atoms with van der Waals surface area (Å²) in [6.07, 6.45) is 9.38. The van der Waals surface area contributed by atoms with Gasteiger partial charge in [-0.2, -0.15) is 0 Å². The van der Waals surface area contributed by atoms with Gasteiger partial charge in [0.15, 0.2) is 0 Å². The van der Waals surface area contributed by atoms with E-state index in [9.17, 15) is 9.59 Å². The normalized spacial score (nSPS) is 14.6. The van der Waals surface area contributed by atoms with Crippen molar-refractivity contribution in [3.63, 3.8) is 0 Å². The molecule has 92 valence electrons. The van der Waals surface area contributed by atoms with Crippen molar-refractivity contribution in [1.29, 1.82) is 0 Å². The van der Waals surface area contributed by atoms with E-state index in [-0.39, 0.29) is 6.61 Å². The lowest BCUT2D eigenvalue weighted by atomic mass is 9.95. The average molecular weight is 237 g/mol. The van der Waals surface area contributed by atoms with Gasteiger partial charge in [0.05, 0.1) is 5.41 Å². The van der Waals surface area contributed by atoms with Gasteiger partial charge in [0.1, 0.15) is 6.61 Å². The topological polar surface area (TPSA) is 66.8 Å². The Hall–Kier alpha value is -2.04. The molecule has 5 nitrogen and oxygen atoms in total. The highest BCUT2D eigenvalue weighted by Gasteiger charge is 2.29. The zero-order valence-electron chi connectivity index (χ0n) is 9.79. The van der Waals surface area contributed by atoms with Gasteiger partial charge in [-0.1, -0.05) is 12.2 Å². The Labute approximate surface area is 99.7 Å². The molecule has 1 aliphatic heterocycles. The van der Waals surface area contributed by atoms with Crippen LogP contribution in [-0.2, 0) is 9.53 Å². The number of carboxylic acids is 1. The molecule has 0 unspecified atom stereocenters. The molecule has 17 heavy (non-hydrogen) atoms. The first kappa shape index (κ1) is 13.0. The van der Waals surface area contributed by atoms with Gasteiger partial charge >= 0.3 is 12.1 Å². The lowest BCUT2D eigenvalue weighted by Gasteiger charge is -2.20. The van der Waals surface area contributed by atoms with E-state index in [0.717, 1.165) is 0 Å². The smallest absolute Gasteiger partial charge is 0.417 e. The van der Waals surface area contributed by atoms with Crippen LogP contribution in [0, 0.1) is 5.41 Å². The first-order chi connectivity index (χ1) is 7.93. The second-order valence-electron chi connectivity index (χ2n) is 4.22. The minimum atomic E-state index is -1.09. The van der Waals surface area contributed by atoms with Gasteiger partial charge in [-0.3, -0.25) is 9.69 Å². The molecule has 1 rings (SSSR count). The molecule has 0 radical (unpaired) electrons. The molecule has 0 saturated carbocycles. The summed E-state index contributed by atoms with van der Waals surface area (Å²) < 4.78 is 4.94. The van der Waals surface area contributed by atoms with E-state index in [4.69, 9.17) is 9.84 Å². The Morgan fingerprint density at radius 3 is 2.18 bits per heavy atom. The Morgan fingerprint density at radius 1 is 1.18 bits per heavy atom. The Bertz CT molecular complexity index is 377. The SMILES string of the molecule is CC(C)(COC(=O)N1C=CC=CC=C1)C(=O)O. The zero-order valence-corrected chi connectivity index (χ0v) is 9.79. The standard InChI is InChI=1S/C12H15NO4/c1-12(2,10(14)15)9-17-11(16)13-7-5-3-4-6-8-13/h3-8H,9H2,1-2H3,(H,14,15). The molecule has 1 amide bonds. The first-order valence-corrected chi connectivity index (χ1v) is 5.13. The van der Waals surface area contributed by atoms with Crippen LogP contribution in [-0.4, -0.2) is 28.7 Å². The molecular formula is C12H15NO4. The number of nitrogens with zero attached hydrogens (tertiary/aromatic N) is 1. The van der Waals surface area contributed by atoms with Gasteiger partial charge in [-0.25, -0.2) is 4.79 Å². The number of allylic oxidation sites excluding steroid dienone is 4. The number of hydrogen-bond acceptors (Lipinski definition) is 3. The maximum Gasteiger partial charge on any atom is 0.417 e. The van der Waals surface area contributed by atoms with Gasteiger partial charge in [0.25, 0.3) is 0 Å². The van der Waals surface area contributed by atoms with Crippen molar-refractivity contribution in [1.82, 2.24) is 4.90 Å². The lowest BCUT2D eigenvalue weighted by Crippen LogP contribution is -2.32. The van der Waals surface area contributed by atoms with Crippen LogP contribution in [0.15, 0.2) is 36.7 Å². The number of carbonyl (C=O) groups excluding carboxylic acids is 1. The molecule has 1 heterocycles. The highest BCUT2D eigenvalue weighted by Crippen LogP contribution is 2.16. The Kier molecular flexibility index (Phi) is 4.09. The Morgan fingerprint density at radius 2 is 1.71 bits per heavy atom. The molecule has 5 heteroatoms. The fraction of sp³-hybridized carbons (Fsp3) is 0.333. The summed E-state index contributed by atoms with van der Waals surface area (Å²) in [6, 6.07) is 0. The Balaban J connectivity index is 2.53. The van der Waals surface area contributed by atoms with E-state index in [0.29, 0.717) is 0 Å². The van der Waals surface area contributed by atoms with Crippen molar-refractivity contribution >= 4 is 12.1 Å². The van der Waals surface area contributed by atoms with E-state index < -0.39 is 17.5 Å². The largest absolute Gasteiger partial charge is 0.481 e. The van der Waals surface area contributed by atoms with Crippen molar-refractivity contribution in [3.05, 3.63) is 36.7 Å². The summed E-state index contributed by atoms with van der Waals surface area (Å²) in [7, 11) is 0. The maximum absolute atomic E-state index is 11.6. The third kappa shape index (κ3) is 3.79. The molecule has 0 aromatic carbocycles. The quantitative estimate of drug-likeness (QED) is 0.816. The number of amides is 1. The molecule has 0 aromatic heterocycles. The van der Waals surface area contributed by atoms with Crippen LogP contribution >= 0.6 is 0 Å². The summed E-state index contributed by atoms with van der Waals surface area (Å²) in [6.45, 7) is 2.82. The van der Waals surface area contributed by atoms with Crippen LogP contribution in [0.4, 0.5) is 4.79 Å². The number of aliphatic carboxylic acids is 1. The second-order valence-corrected chi connectivity index (χ2v) is 4.22. The number of hydrogen-bond donors (Lipinski definition) is 1. The molecule has 0 atom stereocenters. The van der Waals surface area contributed by atoms with Crippen molar-refractivity contribution in [2.45, 2.75) is 13.8 Å². The zero-order chi connectivity index (χ0) is 12.9. The highest BCUT2D eigenvalue weighted by atomic mass is 16.6. The van der Waals surface area contributed by atoms with Gasteiger partial charge in [-0.05, 0) is 26.0 Å². The van der Waals surface area contributed by atoms with Gasteiger partial charge in [-0.15, -0.1) is 0 Å². The van der Waals surface area contributed by atoms with Crippen LogP contribution in [0.25, 0.3) is 0 Å². The third-order valence-corrected chi connectivity index (χ3v) is 2.17. The van der Waals surface area contributed by atoms with Gasteiger partial charge in [0, 0.05) is 12.4 Å². The maximum atomic E-state index is 11.6. The summed E-state index contributed by atoms with van der Waals surface area (Å²) in [5, 5.41) is 8.87. The van der Waals surface area contributed by atoms with E-state index in [1.54, 1.807) is 24.3 Å². The predicted molar refractivity (Wildman–Crippen MR) is 62.0 cm³/mol. The minimum Gasteiger partial charge on any atom is -0.481 e. The van der Waals surface area contributed by atoms with E-state index in [1.807, 2.05) is 0 Å².